The van der Waals surface area contributed by atoms with Crippen molar-refractivity contribution in [2.45, 2.75) is 6.54 Å². The zero-order chi connectivity index (χ0) is 16.8. The highest BCUT2D eigenvalue weighted by atomic mass is 19.1. The molecule has 1 saturated heterocycles. The summed E-state index contributed by atoms with van der Waals surface area (Å²) in [4.78, 5) is 8.70. The molecule has 5 heteroatoms. The first-order valence-electron chi connectivity index (χ1n) is 8.27. The van der Waals surface area contributed by atoms with Crippen LogP contribution in [0.1, 0.15) is 5.56 Å². The van der Waals surface area contributed by atoms with Crippen LogP contribution in [0.25, 0.3) is 0 Å². The van der Waals surface area contributed by atoms with E-state index in [9.17, 15) is 4.39 Å². The quantitative estimate of drug-likeness (QED) is 0.695. The molecular weight excluding hydrogens is 303 g/mol. The molecule has 3 rings (SSSR count). The number of halogens is 1. The molecule has 0 spiro atoms. The number of piperazine rings is 1. The molecule has 0 atom stereocenters. The van der Waals surface area contributed by atoms with Crippen molar-refractivity contribution in [3.63, 3.8) is 0 Å². The van der Waals surface area contributed by atoms with E-state index in [1.807, 2.05) is 30.3 Å². The molecular formula is C19H23FN4. The van der Waals surface area contributed by atoms with E-state index < -0.39 is 0 Å². The van der Waals surface area contributed by atoms with Crippen LogP contribution in [0.15, 0.2) is 59.6 Å². The highest BCUT2D eigenvalue weighted by molar-refractivity contribution is 5.80. The number of hydrogen-bond donors (Lipinski definition) is 1. The summed E-state index contributed by atoms with van der Waals surface area (Å²) >= 11 is 0. The molecule has 1 aliphatic rings. The Balaban J connectivity index is 1.56. The van der Waals surface area contributed by atoms with Gasteiger partial charge < -0.3 is 15.1 Å². The number of benzene rings is 2. The van der Waals surface area contributed by atoms with Crippen LogP contribution in [-0.2, 0) is 6.54 Å². The molecule has 1 fully saturated rings. The Morgan fingerprint density at radius 2 is 1.67 bits per heavy atom. The Kier molecular flexibility index (Phi) is 5.31. The van der Waals surface area contributed by atoms with Crippen LogP contribution in [-0.4, -0.2) is 44.1 Å². The van der Waals surface area contributed by atoms with E-state index in [0.29, 0.717) is 5.69 Å². The third-order valence-electron chi connectivity index (χ3n) is 4.28. The monoisotopic (exact) mass is 326 g/mol. The summed E-state index contributed by atoms with van der Waals surface area (Å²) in [6.45, 7) is 3.96. The number of anilines is 1. The average molecular weight is 326 g/mol. The van der Waals surface area contributed by atoms with Crippen LogP contribution in [0.2, 0.25) is 0 Å². The minimum Gasteiger partial charge on any atom is -0.366 e. The summed E-state index contributed by atoms with van der Waals surface area (Å²) in [5.41, 5.74) is 1.91. The van der Waals surface area contributed by atoms with E-state index in [1.54, 1.807) is 13.1 Å². The molecule has 0 saturated carbocycles. The van der Waals surface area contributed by atoms with Crippen molar-refractivity contribution in [1.82, 2.24) is 10.2 Å². The van der Waals surface area contributed by atoms with Crippen molar-refractivity contribution in [3.05, 3.63) is 66.0 Å². The molecule has 24 heavy (non-hydrogen) atoms. The normalized spacial score (nSPS) is 15.5. The molecule has 4 nitrogen and oxygen atoms in total. The number of rotatable bonds is 3. The maximum absolute atomic E-state index is 13.9. The first kappa shape index (κ1) is 16.3. The molecule has 1 aliphatic heterocycles. The molecule has 0 aliphatic carbocycles. The van der Waals surface area contributed by atoms with Crippen molar-refractivity contribution in [2.75, 3.05) is 38.1 Å². The predicted octanol–water partition coefficient (Wildman–Crippen LogP) is 2.72. The number of nitrogens with zero attached hydrogens (tertiary/aromatic N) is 3. The minimum atomic E-state index is -0.155. The second kappa shape index (κ2) is 7.81. The number of guanidine groups is 1. The molecule has 126 valence electrons. The molecule has 0 radical (unpaired) electrons. The summed E-state index contributed by atoms with van der Waals surface area (Å²) in [7, 11) is 1.80. The topological polar surface area (TPSA) is 30.9 Å². The predicted molar refractivity (Wildman–Crippen MR) is 96.8 cm³/mol. The van der Waals surface area contributed by atoms with Crippen molar-refractivity contribution < 1.29 is 4.39 Å². The third-order valence-corrected chi connectivity index (χ3v) is 4.28. The smallest absolute Gasteiger partial charge is 0.194 e. The summed E-state index contributed by atoms with van der Waals surface area (Å²) in [5.74, 6) is 0.740. The Bertz CT molecular complexity index is 679. The molecule has 2 aromatic carbocycles. The minimum absolute atomic E-state index is 0.155. The van der Waals surface area contributed by atoms with Gasteiger partial charge in [-0.3, -0.25) is 4.99 Å². The van der Waals surface area contributed by atoms with Gasteiger partial charge in [0.1, 0.15) is 5.82 Å². The van der Waals surface area contributed by atoms with E-state index >= 15 is 0 Å². The number of nitrogens with one attached hydrogen (secondary N) is 1. The summed E-state index contributed by atoms with van der Waals surface area (Å²) in [6, 6.07) is 17.2. The van der Waals surface area contributed by atoms with Crippen LogP contribution >= 0.6 is 0 Å². The van der Waals surface area contributed by atoms with Gasteiger partial charge in [0.25, 0.3) is 0 Å². The molecule has 1 N–H and O–H groups in total. The standard InChI is InChI=1S/C19H23FN4/c1-21-19(22-15-16-7-3-2-4-8-16)24-13-11-23(12-14-24)18-10-6-5-9-17(18)20/h2-10H,11-15H2,1H3,(H,21,22). The Morgan fingerprint density at radius 3 is 2.33 bits per heavy atom. The fraction of sp³-hybridized carbons (Fsp3) is 0.316. The van der Waals surface area contributed by atoms with Gasteiger partial charge in [0.05, 0.1) is 5.69 Å². The molecule has 0 unspecified atom stereocenters. The van der Waals surface area contributed by atoms with E-state index in [-0.39, 0.29) is 5.82 Å². The summed E-state index contributed by atoms with van der Waals surface area (Å²) in [5, 5.41) is 3.40. The van der Waals surface area contributed by atoms with Gasteiger partial charge in [0, 0.05) is 39.8 Å². The molecule has 1 heterocycles. The first-order chi connectivity index (χ1) is 11.8. The van der Waals surface area contributed by atoms with Crippen LogP contribution in [0.5, 0.6) is 0 Å². The lowest BCUT2D eigenvalue weighted by Gasteiger charge is -2.37. The van der Waals surface area contributed by atoms with Crippen molar-refractivity contribution in [3.8, 4) is 0 Å². The molecule has 0 bridgehead atoms. The average Bonchev–Trinajstić information content (AvgIpc) is 2.64. The van der Waals surface area contributed by atoms with Gasteiger partial charge in [-0.05, 0) is 17.7 Å². The second-order valence-corrected chi connectivity index (χ2v) is 5.81. The second-order valence-electron chi connectivity index (χ2n) is 5.81. The zero-order valence-electron chi connectivity index (χ0n) is 14.0. The lowest BCUT2D eigenvalue weighted by molar-refractivity contribution is 0.370. The number of para-hydroxylation sites is 1. The van der Waals surface area contributed by atoms with Gasteiger partial charge in [-0.2, -0.15) is 0 Å². The van der Waals surface area contributed by atoms with Crippen molar-refractivity contribution in [1.29, 1.82) is 0 Å². The summed E-state index contributed by atoms with van der Waals surface area (Å²) < 4.78 is 13.9. The maximum Gasteiger partial charge on any atom is 0.194 e. The molecule has 0 aromatic heterocycles. The van der Waals surface area contributed by atoms with Gasteiger partial charge in [-0.15, -0.1) is 0 Å². The third kappa shape index (κ3) is 3.85. The van der Waals surface area contributed by atoms with E-state index in [1.165, 1.54) is 11.6 Å². The lowest BCUT2D eigenvalue weighted by atomic mass is 10.2. The van der Waals surface area contributed by atoms with Crippen LogP contribution < -0.4 is 10.2 Å². The van der Waals surface area contributed by atoms with Gasteiger partial charge in [-0.1, -0.05) is 42.5 Å². The Labute approximate surface area is 142 Å². The maximum atomic E-state index is 13.9. The van der Waals surface area contributed by atoms with Gasteiger partial charge in [-0.25, -0.2) is 4.39 Å². The first-order valence-corrected chi connectivity index (χ1v) is 8.27. The zero-order valence-corrected chi connectivity index (χ0v) is 14.0. The lowest BCUT2D eigenvalue weighted by Crippen LogP contribution is -2.52. The highest BCUT2D eigenvalue weighted by Crippen LogP contribution is 2.20. The van der Waals surface area contributed by atoms with E-state index in [2.05, 4.69) is 32.2 Å². The SMILES string of the molecule is CN=C(NCc1ccccc1)N1CCN(c2ccccc2F)CC1. The summed E-state index contributed by atoms with van der Waals surface area (Å²) in [6.07, 6.45) is 0. The van der Waals surface area contributed by atoms with Crippen LogP contribution in [0.4, 0.5) is 10.1 Å². The van der Waals surface area contributed by atoms with Gasteiger partial charge >= 0.3 is 0 Å². The van der Waals surface area contributed by atoms with Crippen molar-refractivity contribution >= 4 is 11.6 Å². The van der Waals surface area contributed by atoms with E-state index in [4.69, 9.17) is 0 Å². The van der Waals surface area contributed by atoms with Gasteiger partial charge in [0.15, 0.2) is 5.96 Å². The van der Waals surface area contributed by atoms with Gasteiger partial charge in [0.2, 0.25) is 0 Å². The van der Waals surface area contributed by atoms with E-state index in [0.717, 1.165) is 38.7 Å². The highest BCUT2D eigenvalue weighted by Gasteiger charge is 2.21. The Morgan fingerprint density at radius 1 is 1.00 bits per heavy atom. The fourth-order valence-corrected chi connectivity index (χ4v) is 2.98. The number of aliphatic imine (C=N–C) groups is 1. The van der Waals surface area contributed by atoms with Crippen LogP contribution in [0, 0.1) is 5.82 Å². The largest absolute Gasteiger partial charge is 0.366 e. The molecule has 2 aromatic rings. The molecule has 0 amide bonds. The fourth-order valence-electron chi connectivity index (χ4n) is 2.98. The van der Waals surface area contributed by atoms with Crippen molar-refractivity contribution in [2.24, 2.45) is 4.99 Å². The van der Waals surface area contributed by atoms with Crippen LogP contribution in [0.3, 0.4) is 0 Å². The number of hydrogen-bond acceptors (Lipinski definition) is 2. The Hall–Kier alpha value is -2.56.